The first kappa shape index (κ1) is 26.0. The van der Waals surface area contributed by atoms with Gasteiger partial charge in [-0.15, -0.1) is 0 Å². The lowest BCUT2D eigenvalue weighted by Gasteiger charge is -2.58. The Hall–Kier alpha value is -3.63. The number of hydrogen-bond donors (Lipinski definition) is 3. The third-order valence-electron chi connectivity index (χ3n) is 7.49. The zero-order valence-electron chi connectivity index (χ0n) is 21.2. The molecule has 2 bridgehead atoms. The second-order valence-electron chi connectivity index (χ2n) is 9.92. The number of hydrogen-bond acceptors (Lipinski definition) is 10. The summed E-state index contributed by atoms with van der Waals surface area (Å²) < 4.78 is 10.7. The Morgan fingerprint density at radius 1 is 1.42 bits per heavy atom. The molecule has 0 spiro atoms. The number of carbonyl (C=O) groups excluding carboxylic acids is 2. The van der Waals surface area contributed by atoms with E-state index in [1.165, 1.54) is 6.20 Å². The number of aromatic nitrogens is 2. The number of carbonyl (C=O) groups is 2. The minimum atomic E-state index is -0.396. The Bertz CT molecular complexity index is 1240. The molecule has 4 aliphatic rings. The molecule has 38 heavy (non-hydrogen) atoms. The summed E-state index contributed by atoms with van der Waals surface area (Å²) in [7, 11) is 1.59. The monoisotopic (exact) mass is 521 g/mol. The van der Waals surface area contributed by atoms with Gasteiger partial charge in [0.15, 0.2) is 6.29 Å². The van der Waals surface area contributed by atoms with E-state index < -0.39 is 6.03 Å². The van der Waals surface area contributed by atoms with E-state index >= 15 is 0 Å². The molecule has 0 aromatic carbocycles. The molecule has 1 saturated heterocycles. The number of anilines is 3. The van der Waals surface area contributed by atoms with Gasteiger partial charge in [-0.2, -0.15) is 5.26 Å². The molecule has 1 aliphatic carbocycles. The molecule has 1 saturated carbocycles. The van der Waals surface area contributed by atoms with Crippen LogP contribution in [0.2, 0.25) is 0 Å². The van der Waals surface area contributed by atoms with Crippen molar-refractivity contribution in [3.8, 4) is 6.07 Å². The number of nitrogens with zero attached hydrogens (tertiary/aromatic N) is 5. The van der Waals surface area contributed by atoms with Gasteiger partial charge in [-0.3, -0.25) is 19.9 Å². The van der Waals surface area contributed by atoms with Crippen molar-refractivity contribution in [3.63, 3.8) is 0 Å². The first-order chi connectivity index (χ1) is 18.5. The molecule has 3 N–H and O–H groups in total. The molecule has 12 heteroatoms. The standard InChI is InChI=1S/C26H31N7O5/c1-37-6-4-28-22-8-23(29-12-17(22)11-27)31-25(36)33-19-9-26(10-19,16-32-5-7-38-20(13-32)15-35)21-3-2-18(14-34)30-24(21)33/h2-3,8,12,14,19-20,35H,4-7,9-10,13,15-16H2,1H3,(H2,28,29,31,36). The maximum atomic E-state index is 13.6. The number of ether oxygens (including phenoxy) is 2. The van der Waals surface area contributed by atoms with E-state index in [4.69, 9.17) is 9.47 Å². The molecule has 6 rings (SSSR count). The lowest BCUT2D eigenvalue weighted by atomic mass is 9.58. The van der Waals surface area contributed by atoms with E-state index in [0.717, 1.165) is 31.5 Å². The highest BCUT2D eigenvalue weighted by Crippen LogP contribution is 2.55. The Morgan fingerprint density at radius 2 is 2.26 bits per heavy atom. The van der Waals surface area contributed by atoms with Crippen LogP contribution in [0.25, 0.3) is 0 Å². The minimum Gasteiger partial charge on any atom is -0.394 e. The van der Waals surface area contributed by atoms with Crippen molar-refractivity contribution in [1.82, 2.24) is 14.9 Å². The van der Waals surface area contributed by atoms with Crippen LogP contribution in [0.15, 0.2) is 24.4 Å². The average Bonchev–Trinajstić information content (AvgIpc) is 2.92. The summed E-state index contributed by atoms with van der Waals surface area (Å²) >= 11 is 0. The largest absolute Gasteiger partial charge is 0.394 e. The lowest BCUT2D eigenvalue weighted by Crippen LogP contribution is -2.65. The first-order valence-electron chi connectivity index (χ1n) is 12.6. The molecule has 0 radical (unpaired) electrons. The summed E-state index contributed by atoms with van der Waals surface area (Å²) in [6.07, 6.45) is 3.42. The molecule has 5 heterocycles. The molecular weight excluding hydrogens is 490 g/mol. The highest BCUT2D eigenvalue weighted by atomic mass is 16.5. The van der Waals surface area contributed by atoms with Crippen LogP contribution < -0.4 is 15.5 Å². The van der Waals surface area contributed by atoms with Crippen molar-refractivity contribution >= 4 is 29.6 Å². The summed E-state index contributed by atoms with van der Waals surface area (Å²) in [6, 6.07) is 6.83. The fraction of sp³-hybridized carbons (Fsp3) is 0.500. The molecule has 2 aromatic rings. The summed E-state index contributed by atoms with van der Waals surface area (Å²) in [4.78, 5) is 37.8. The third-order valence-corrected chi connectivity index (χ3v) is 7.49. The second kappa shape index (κ2) is 11.0. The van der Waals surface area contributed by atoms with Gasteiger partial charge in [0.1, 0.15) is 23.4 Å². The number of aliphatic hydroxyl groups excluding tert-OH is 1. The number of amides is 2. The van der Waals surface area contributed by atoms with Crippen LogP contribution in [0.4, 0.5) is 22.1 Å². The number of aliphatic hydroxyl groups is 1. The molecule has 2 aromatic heterocycles. The molecule has 1 unspecified atom stereocenters. The van der Waals surface area contributed by atoms with E-state index in [9.17, 15) is 20.0 Å². The third kappa shape index (κ3) is 4.93. The van der Waals surface area contributed by atoms with Gasteiger partial charge >= 0.3 is 6.03 Å². The Labute approximate surface area is 220 Å². The normalized spacial score (nSPS) is 24.1. The maximum Gasteiger partial charge on any atom is 0.328 e. The fourth-order valence-electron chi connectivity index (χ4n) is 5.70. The topological polar surface area (TPSA) is 153 Å². The number of methoxy groups -OCH3 is 1. The Morgan fingerprint density at radius 3 is 3.00 bits per heavy atom. The van der Waals surface area contributed by atoms with Gasteiger partial charge in [-0.05, 0) is 18.9 Å². The van der Waals surface area contributed by atoms with Crippen LogP contribution in [0.1, 0.15) is 34.5 Å². The molecular formula is C26H31N7O5. The van der Waals surface area contributed by atoms with Crippen LogP contribution in [0, 0.1) is 11.3 Å². The fourth-order valence-corrected chi connectivity index (χ4v) is 5.70. The summed E-state index contributed by atoms with van der Waals surface area (Å²) in [5.41, 5.74) is 1.90. The van der Waals surface area contributed by atoms with Gasteiger partial charge in [0, 0.05) is 62.6 Å². The molecule has 3 aliphatic heterocycles. The van der Waals surface area contributed by atoms with Crippen molar-refractivity contribution in [2.45, 2.75) is 30.4 Å². The van der Waals surface area contributed by atoms with Crippen LogP contribution in [-0.2, 0) is 14.9 Å². The SMILES string of the molecule is COCCNc1cc(NC(=O)N2c3nc(C=O)ccc3C3(CN4CCOC(CO)C4)CC2C3)ncc1C#N. The van der Waals surface area contributed by atoms with Gasteiger partial charge < -0.3 is 19.9 Å². The van der Waals surface area contributed by atoms with E-state index in [-0.39, 0.29) is 29.9 Å². The first-order valence-corrected chi connectivity index (χ1v) is 12.6. The van der Waals surface area contributed by atoms with Gasteiger partial charge in [0.25, 0.3) is 0 Å². The molecule has 200 valence electrons. The second-order valence-corrected chi connectivity index (χ2v) is 9.92. The Kier molecular flexibility index (Phi) is 7.53. The number of pyridine rings is 2. The highest BCUT2D eigenvalue weighted by molar-refractivity contribution is 6.03. The van der Waals surface area contributed by atoms with E-state index in [2.05, 4.69) is 31.6 Å². The average molecular weight is 522 g/mol. The van der Waals surface area contributed by atoms with E-state index in [1.54, 1.807) is 24.1 Å². The van der Waals surface area contributed by atoms with Gasteiger partial charge in [0.2, 0.25) is 0 Å². The van der Waals surface area contributed by atoms with Crippen LogP contribution in [0.5, 0.6) is 0 Å². The molecule has 2 fully saturated rings. The molecule has 1 atom stereocenters. The Balaban J connectivity index is 1.38. The predicted molar refractivity (Wildman–Crippen MR) is 138 cm³/mol. The number of nitrogens with one attached hydrogen (secondary N) is 2. The summed E-state index contributed by atoms with van der Waals surface area (Å²) in [5, 5.41) is 24.9. The van der Waals surface area contributed by atoms with Crippen molar-refractivity contribution < 1.29 is 24.2 Å². The quantitative estimate of drug-likeness (QED) is 0.326. The zero-order valence-corrected chi connectivity index (χ0v) is 21.2. The number of morpholine rings is 1. The smallest absolute Gasteiger partial charge is 0.328 e. The van der Waals surface area contributed by atoms with Crippen LogP contribution in [0.3, 0.4) is 0 Å². The van der Waals surface area contributed by atoms with Crippen molar-refractivity contribution in [1.29, 1.82) is 5.26 Å². The van der Waals surface area contributed by atoms with Crippen molar-refractivity contribution in [2.75, 3.05) is 68.6 Å². The van der Waals surface area contributed by atoms with Gasteiger partial charge in [-0.25, -0.2) is 14.8 Å². The van der Waals surface area contributed by atoms with Gasteiger partial charge in [0.05, 0.1) is 37.2 Å². The van der Waals surface area contributed by atoms with Crippen molar-refractivity contribution in [2.24, 2.45) is 0 Å². The number of urea groups is 1. The van der Waals surface area contributed by atoms with Crippen molar-refractivity contribution in [3.05, 3.63) is 41.2 Å². The predicted octanol–water partition coefficient (Wildman–Crippen LogP) is 1.36. The number of nitriles is 1. The van der Waals surface area contributed by atoms with Crippen LogP contribution >= 0.6 is 0 Å². The summed E-state index contributed by atoms with van der Waals surface area (Å²) in [5.74, 6) is 0.773. The lowest BCUT2D eigenvalue weighted by molar-refractivity contribution is -0.0633. The van der Waals surface area contributed by atoms with E-state index in [1.807, 2.05) is 6.07 Å². The summed E-state index contributed by atoms with van der Waals surface area (Å²) in [6.45, 7) is 3.68. The highest BCUT2D eigenvalue weighted by Gasteiger charge is 2.56. The van der Waals surface area contributed by atoms with Crippen LogP contribution in [-0.4, -0.2) is 97.5 Å². The van der Waals surface area contributed by atoms with Gasteiger partial charge in [-0.1, -0.05) is 6.07 Å². The molecule has 12 nitrogen and oxygen atoms in total. The number of rotatable bonds is 9. The zero-order chi connectivity index (χ0) is 26.7. The molecule has 2 amide bonds. The maximum absolute atomic E-state index is 13.6. The van der Waals surface area contributed by atoms with E-state index in [0.29, 0.717) is 55.5 Å². The minimum absolute atomic E-state index is 0.0199. The number of aldehydes is 1.